The van der Waals surface area contributed by atoms with Crippen molar-refractivity contribution in [3.8, 4) is 0 Å². The van der Waals surface area contributed by atoms with Crippen LogP contribution >= 0.6 is 0 Å². The molecule has 6 heteroatoms. The molecule has 0 unspecified atom stereocenters. The predicted molar refractivity (Wildman–Crippen MR) is 97.1 cm³/mol. The third kappa shape index (κ3) is 3.91. The largest absolute Gasteiger partial charge is 0.480 e. The van der Waals surface area contributed by atoms with Crippen LogP contribution in [0.3, 0.4) is 0 Å². The number of carbonyl (C=O) groups is 3. The number of rotatable bonds is 4. The average molecular weight is 352 g/mol. The summed E-state index contributed by atoms with van der Waals surface area (Å²) in [5.41, 5.74) is 1.50. The smallest absolute Gasteiger partial charge is 0.326 e. The van der Waals surface area contributed by atoms with Crippen molar-refractivity contribution in [1.82, 2.24) is 4.90 Å². The highest BCUT2D eigenvalue weighted by Gasteiger charge is 2.32. The van der Waals surface area contributed by atoms with E-state index in [1.165, 1.54) is 4.90 Å². The van der Waals surface area contributed by atoms with Crippen LogP contribution in [0.1, 0.15) is 40.0 Å². The molecule has 1 heterocycles. The molecule has 1 aliphatic heterocycles. The monoisotopic (exact) mass is 352 g/mol. The SMILES string of the molecule is O=C(Nc1ccccc1)c1ccc(C(=O)N2CCCC[C@@H]2C(=O)O)cc1. The molecular formula is C20H20N2O4. The molecule has 1 fully saturated rings. The van der Waals surface area contributed by atoms with Gasteiger partial charge < -0.3 is 15.3 Å². The summed E-state index contributed by atoms with van der Waals surface area (Å²) in [6.07, 6.45) is 2.07. The van der Waals surface area contributed by atoms with E-state index in [4.69, 9.17) is 0 Å². The molecule has 0 aliphatic carbocycles. The van der Waals surface area contributed by atoms with Gasteiger partial charge in [-0.25, -0.2) is 4.79 Å². The first-order valence-corrected chi connectivity index (χ1v) is 8.56. The summed E-state index contributed by atoms with van der Waals surface area (Å²) in [7, 11) is 0. The maximum absolute atomic E-state index is 12.6. The number of anilines is 1. The van der Waals surface area contributed by atoms with Crippen molar-refractivity contribution in [1.29, 1.82) is 0 Å². The van der Waals surface area contributed by atoms with Crippen molar-refractivity contribution < 1.29 is 19.5 Å². The van der Waals surface area contributed by atoms with Crippen LogP contribution in [-0.4, -0.2) is 40.4 Å². The van der Waals surface area contributed by atoms with Crippen molar-refractivity contribution in [2.24, 2.45) is 0 Å². The van der Waals surface area contributed by atoms with Gasteiger partial charge in [0.25, 0.3) is 11.8 Å². The van der Waals surface area contributed by atoms with Gasteiger partial charge in [0.1, 0.15) is 6.04 Å². The Morgan fingerprint density at radius 1 is 0.923 bits per heavy atom. The Morgan fingerprint density at radius 2 is 1.58 bits per heavy atom. The first kappa shape index (κ1) is 17.7. The summed E-state index contributed by atoms with van der Waals surface area (Å²) in [6, 6.07) is 14.6. The van der Waals surface area contributed by atoms with E-state index in [0.717, 1.165) is 12.8 Å². The van der Waals surface area contributed by atoms with E-state index >= 15 is 0 Å². The van der Waals surface area contributed by atoms with Crippen LogP contribution < -0.4 is 5.32 Å². The standard InChI is InChI=1S/C20H20N2O4/c23-18(21-16-6-2-1-3-7-16)14-9-11-15(12-10-14)19(24)22-13-5-4-8-17(22)20(25)26/h1-3,6-7,9-12,17H,4-5,8,13H2,(H,21,23)(H,25,26)/t17-/m1/s1. The van der Waals surface area contributed by atoms with Crippen molar-refractivity contribution in [3.05, 3.63) is 65.7 Å². The molecule has 0 spiro atoms. The molecule has 0 radical (unpaired) electrons. The molecule has 134 valence electrons. The summed E-state index contributed by atoms with van der Waals surface area (Å²) in [5.74, 6) is -1.55. The fourth-order valence-corrected chi connectivity index (χ4v) is 3.09. The molecule has 2 aromatic carbocycles. The quantitative estimate of drug-likeness (QED) is 0.885. The fraction of sp³-hybridized carbons (Fsp3) is 0.250. The van der Waals surface area contributed by atoms with E-state index < -0.39 is 12.0 Å². The molecule has 1 aliphatic rings. The lowest BCUT2D eigenvalue weighted by Crippen LogP contribution is -2.47. The van der Waals surface area contributed by atoms with E-state index in [-0.39, 0.29) is 11.8 Å². The van der Waals surface area contributed by atoms with Crippen molar-refractivity contribution in [2.45, 2.75) is 25.3 Å². The Labute approximate surface area is 151 Å². The highest BCUT2D eigenvalue weighted by atomic mass is 16.4. The molecule has 0 saturated carbocycles. The summed E-state index contributed by atoms with van der Waals surface area (Å²) >= 11 is 0. The molecule has 26 heavy (non-hydrogen) atoms. The van der Waals surface area contributed by atoms with Gasteiger partial charge in [-0.15, -0.1) is 0 Å². The zero-order valence-corrected chi connectivity index (χ0v) is 14.2. The topological polar surface area (TPSA) is 86.7 Å². The van der Waals surface area contributed by atoms with E-state index in [9.17, 15) is 19.5 Å². The second kappa shape index (κ2) is 7.82. The van der Waals surface area contributed by atoms with Crippen LogP contribution in [0.4, 0.5) is 5.69 Å². The third-order valence-electron chi connectivity index (χ3n) is 4.47. The number of amides is 2. The molecule has 2 aromatic rings. The third-order valence-corrected chi connectivity index (χ3v) is 4.47. The highest BCUT2D eigenvalue weighted by molar-refractivity contribution is 6.05. The predicted octanol–water partition coefficient (Wildman–Crippen LogP) is 3.02. The lowest BCUT2D eigenvalue weighted by atomic mass is 10.0. The van der Waals surface area contributed by atoms with Crippen molar-refractivity contribution >= 4 is 23.5 Å². The molecule has 2 N–H and O–H groups in total. The Kier molecular flexibility index (Phi) is 5.31. The number of hydrogen-bond donors (Lipinski definition) is 2. The maximum Gasteiger partial charge on any atom is 0.326 e. The first-order chi connectivity index (χ1) is 12.6. The number of para-hydroxylation sites is 1. The number of aliphatic carboxylic acids is 1. The molecule has 0 aromatic heterocycles. The lowest BCUT2D eigenvalue weighted by molar-refractivity contribution is -0.143. The van der Waals surface area contributed by atoms with E-state index in [0.29, 0.717) is 29.8 Å². The van der Waals surface area contributed by atoms with E-state index in [1.807, 2.05) is 18.2 Å². The normalized spacial score (nSPS) is 16.8. The highest BCUT2D eigenvalue weighted by Crippen LogP contribution is 2.20. The minimum atomic E-state index is -0.975. The molecule has 1 atom stereocenters. The molecular weight excluding hydrogens is 332 g/mol. The van der Waals surface area contributed by atoms with Crippen LogP contribution in [-0.2, 0) is 4.79 Å². The first-order valence-electron chi connectivity index (χ1n) is 8.56. The zero-order valence-electron chi connectivity index (χ0n) is 14.2. The van der Waals surface area contributed by atoms with Crippen LogP contribution in [0.15, 0.2) is 54.6 Å². The summed E-state index contributed by atoms with van der Waals surface area (Å²) in [4.78, 5) is 37.7. The Bertz CT molecular complexity index is 802. The lowest BCUT2D eigenvalue weighted by Gasteiger charge is -2.33. The van der Waals surface area contributed by atoms with E-state index in [1.54, 1.807) is 36.4 Å². The maximum atomic E-state index is 12.6. The van der Waals surface area contributed by atoms with Gasteiger partial charge in [0.05, 0.1) is 0 Å². The number of carboxylic acids is 1. The Hall–Kier alpha value is -3.15. The number of nitrogens with zero attached hydrogens (tertiary/aromatic N) is 1. The van der Waals surface area contributed by atoms with Gasteiger partial charge in [-0.3, -0.25) is 9.59 Å². The average Bonchev–Trinajstić information content (AvgIpc) is 2.68. The molecule has 0 bridgehead atoms. The van der Waals surface area contributed by atoms with Gasteiger partial charge in [0.15, 0.2) is 0 Å². The minimum absolute atomic E-state index is 0.267. The minimum Gasteiger partial charge on any atom is -0.480 e. The second-order valence-corrected chi connectivity index (χ2v) is 6.25. The number of hydrogen-bond acceptors (Lipinski definition) is 3. The molecule has 2 amide bonds. The summed E-state index contributed by atoms with van der Waals surface area (Å²) < 4.78 is 0. The molecule has 6 nitrogen and oxygen atoms in total. The van der Waals surface area contributed by atoms with E-state index in [2.05, 4.69) is 5.32 Å². The van der Waals surface area contributed by atoms with Gasteiger partial charge in [-0.05, 0) is 55.7 Å². The number of likely N-dealkylation sites (tertiary alicyclic amines) is 1. The number of nitrogens with one attached hydrogen (secondary N) is 1. The Morgan fingerprint density at radius 3 is 2.23 bits per heavy atom. The van der Waals surface area contributed by atoms with Crippen molar-refractivity contribution in [2.75, 3.05) is 11.9 Å². The number of carbonyl (C=O) groups excluding carboxylic acids is 2. The van der Waals surface area contributed by atoms with Gasteiger partial charge in [-0.2, -0.15) is 0 Å². The number of piperidine rings is 1. The van der Waals surface area contributed by atoms with Gasteiger partial charge in [-0.1, -0.05) is 18.2 Å². The fourth-order valence-electron chi connectivity index (χ4n) is 3.09. The number of benzene rings is 2. The van der Waals surface area contributed by atoms with Gasteiger partial charge >= 0.3 is 5.97 Å². The van der Waals surface area contributed by atoms with Gasteiger partial charge in [0, 0.05) is 23.4 Å². The van der Waals surface area contributed by atoms with Crippen molar-refractivity contribution in [3.63, 3.8) is 0 Å². The molecule has 1 saturated heterocycles. The van der Waals surface area contributed by atoms with Crippen LogP contribution in [0.25, 0.3) is 0 Å². The Balaban J connectivity index is 1.71. The van der Waals surface area contributed by atoms with Crippen LogP contribution in [0.2, 0.25) is 0 Å². The summed E-state index contributed by atoms with van der Waals surface area (Å²) in [6.45, 7) is 0.437. The summed E-state index contributed by atoms with van der Waals surface area (Å²) in [5, 5.41) is 12.1. The van der Waals surface area contributed by atoms with Gasteiger partial charge in [0.2, 0.25) is 0 Å². The molecule has 3 rings (SSSR count). The van der Waals surface area contributed by atoms with Crippen LogP contribution in [0.5, 0.6) is 0 Å². The second-order valence-electron chi connectivity index (χ2n) is 6.25. The van der Waals surface area contributed by atoms with Crippen LogP contribution in [0, 0.1) is 0 Å². The number of carboxylic acid groups (broad SMARTS) is 1. The zero-order chi connectivity index (χ0) is 18.5.